The Bertz CT molecular complexity index is 806. The first-order chi connectivity index (χ1) is 11.1. The van der Waals surface area contributed by atoms with E-state index >= 15 is 0 Å². The number of fused-ring (bicyclic) bond motifs is 1. The van der Waals surface area contributed by atoms with Crippen molar-refractivity contribution >= 4 is 28.5 Å². The van der Waals surface area contributed by atoms with Gasteiger partial charge < -0.3 is 20.9 Å². The van der Waals surface area contributed by atoms with Crippen LogP contribution in [0.1, 0.15) is 12.8 Å². The van der Waals surface area contributed by atoms with E-state index in [1.54, 1.807) is 23.1 Å². The van der Waals surface area contributed by atoms with Gasteiger partial charge in [-0.3, -0.25) is 9.59 Å². The predicted octanol–water partition coefficient (Wildman–Crippen LogP) is 1.26. The number of aromatic amines is 1. The lowest BCUT2D eigenvalue weighted by molar-refractivity contribution is -0.122. The number of benzene rings is 1. The van der Waals surface area contributed by atoms with Gasteiger partial charge in [-0.15, -0.1) is 0 Å². The molecule has 23 heavy (non-hydrogen) atoms. The van der Waals surface area contributed by atoms with E-state index in [2.05, 4.69) is 10.3 Å². The summed E-state index contributed by atoms with van der Waals surface area (Å²) in [4.78, 5) is 40.4. The molecule has 0 radical (unpaired) electrons. The Kier molecular flexibility index (Phi) is 4.01. The number of carbonyl (C=O) groups is 2. The molecule has 120 valence electrons. The van der Waals surface area contributed by atoms with Crippen molar-refractivity contribution in [2.24, 2.45) is 11.7 Å². The molecule has 1 aliphatic heterocycles. The van der Waals surface area contributed by atoms with Crippen LogP contribution in [-0.4, -0.2) is 34.9 Å². The van der Waals surface area contributed by atoms with E-state index in [1.165, 1.54) is 6.20 Å². The van der Waals surface area contributed by atoms with E-state index in [4.69, 9.17) is 5.73 Å². The van der Waals surface area contributed by atoms with Crippen LogP contribution in [0.3, 0.4) is 0 Å². The number of primary amides is 1. The fourth-order valence-electron chi connectivity index (χ4n) is 2.82. The van der Waals surface area contributed by atoms with Gasteiger partial charge in [-0.2, -0.15) is 0 Å². The molecule has 7 nitrogen and oxygen atoms in total. The SMILES string of the molecule is NC(=O)C1CCN(C(=O)Nc2c[nH]c3ccccc3c2=O)CC1. The molecule has 0 aliphatic carbocycles. The minimum Gasteiger partial charge on any atom is -0.369 e. The number of carbonyl (C=O) groups excluding carboxylic acids is 2. The zero-order valence-electron chi connectivity index (χ0n) is 12.5. The highest BCUT2D eigenvalue weighted by Crippen LogP contribution is 2.17. The van der Waals surface area contributed by atoms with Crippen molar-refractivity contribution in [1.82, 2.24) is 9.88 Å². The predicted molar refractivity (Wildman–Crippen MR) is 87.1 cm³/mol. The molecule has 2 aromatic rings. The fourth-order valence-corrected chi connectivity index (χ4v) is 2.82. The van der Waals surface area contributed by atoms with Crippen molar-refractivity contribution in [2.45, 2.75) is 12.8 Å². The van der Waals surface area contributed by atoms with Gasteiger partial charge in [0.1, 0.15) is 5.69 Å². The lowest BCUT2D eigenvalue weighted by atomic mass is 9.96. The van der Waals surface area contributed by atoms with Crippen LogP contribution in [0.5, 0.6) is 0 Å². The smallest absolute Gasteiger partial charge is 0.321 e. The second-order valence-electron chi connectivity index (χ2n) is 5.67. The number of nitrogens with one attached hydrogen (secondary N) is 2. The number of H-pyrrole nitrogens is 1. The maximum absolute atomic E-state index is 12.4. The Morgan fingerprint density at radius 3 is 2.61 bits per heavy atom. The molecule has 0 bridgehead atoms. The monoisotopic (exact) mass is 314 g/mol. The first kappa shape index (κ1) is 15.1. The van der Waals surface area contributed by atoms with Gasteiger partial charge >= 0.3 is 6.03 Å². The summed E-state index contributed by atoms with van der Waals surface area (Å²) in [7, 11) is 0. The zero-order valence-corrected chi connectivity index (χ0v) is 12.5. The number of para-hydroxylation sites is 1. The fraction of sp³-hybridized carbons (Fsp3) is 0.312. The molecule has 3 rings (SSSR count). The Hall–Kier alpha value is -2.83. The lowest BCUT2D eigenvalue weighted by Gasteiger charge is -2.30. The molecule has 0 spiro atoms. The van der Waals surface area contributed by atoms with E-state index in [0.29, 0.717) is 31.3 Å². The summed E-state index contributed by atoms with van der Waals surface area (Å²) in [6.07, 6.45) is 2.60. The molecule has 2 heterocycles. The van der Waals surface area contributed by atoms with Crippen molar-refractivity contribution in [3.05, 3.63) is 40.7 Å². The highest BCUT2D eigenvalue weighted by Gasteiger charge is 2.26. The molecular weight excluding hydrogens is 296 g/mol. The molecule has 1 aliphatic rings. The van der Waals surface area contributed by atoms with Crippen LogP contribution in [-0.2, 0) is 4.79 Å². The second kappa shape index (κ2) is 6.12. The summed E-state index contributed by atoms with van der Waals surface area (Å²) in [5.41, 5.74) is 5.99. The average molecular weight is 314 g/mol. The summed E-state index contributed by atoms with van der Waals surface area (Å²) in [6.45, 7) is 0.899. The lowest BCUT2D eigenvalue weighted by Crippen LogP contribution is -2.44. The molecule has 3 amide bonds. The summed E-state index contributed by atoms with van der Waals surface area (Å²) in [6, 6.07) is 6.78. The molecule has 1 saturated heterocycles. The van der Waals surface area contributed by atoms with Gasteiger partial charge in [-0.1, -0.05) is 12.1 Å². The number of likely N-dealkylation sites (tertiary alicyclic amines) is 1. The Balaban J connectivity index is 1.73. The molecule has 0 atom stereocenters. The number of hydrogen-bond acceptors (Lipinski definition) is 3. The summed E-state index contributed by atoms with van der Waals surface area (Å²) >= 11 is 0. The van der Waals surface area contributed by atoms with Crippen molar-refractivity contribution in [1.29, 1.82) is 0 Å². The third-order valence-corrected chi connectivity index (χ3v) is 4.21. The topological polar surface area (TPSA) is 108 Å². The van der Waals surface area contributed by atoms with Crippen LogP contribution in [0.25, 0.3) is 10.9 Å². The van der Waals surface area contributed by atoms with Gasteiger partial charge in [-0.25, -0.2) is 4.79 Å². The van der Waals surface area contributed by atoms with E-state index in [0.717, 1.165) is 5.52 Å². The molecule has 0 saturated carbocycles. The standard InChI is InChI=1S/C16H18N4O3/c17-15(22)10-5-7-20(8-6-10)16(23)19-13-9-18-12-4-2-1-3-11(12)14(13)21/h1-4,9-10H,5-8H2,(H2,17,22)(H,18,21)(H,19,23). The normalized spacial score (nSPS) is 15.6. The Morgan fingerprint density at radius 2 is 1.91 bits per heavy atom. The first-order valence-corrected chi connectivity index (χ1v) is 7.52. The first-order valence-electron chi connectivity index (χ1n) is 7.52. The van der Waals surface area contributed by atoms with Crippen LogP contribution >= 0.6 is 0 Å². The summed E-state index contributed by atoms with van der Waals surface area (Å²) in [5, 5.41) is 3.17. The minimum atomic E-state index is -0.339. The van der Waals surface area contributed by atoms with E-state index in [9.17, 15) is 14.4 Å². The van der Waals surface area contributed by atoms with Crippen molar-refractivity contribution < 1.29 is 9.59 Å². The molecule has 1 fully saturated rings. The number of urea groups is 1. The summed E-state index contributed by atoms with van der Waals surface area (Å²) < 4.78 is 0. The number of amides is 3. The number of piperidine rings is 1. The van der Waals surface area contributed by atoms with Gasteiger partial charge in [0.2, 0.25) is 11.3 Å². The second-order valence-corrected chi connectivity index (χ2v) is 5.67. The number of rotatable bonds is 2. The van der Waals surface area contributed by atoms with Crippen LogP contribution < -0.4 is 16.5 Å². The number of anilines is 1. The number of aromatic nitrogens is 1. The van der Waals surface area contributed by atoms with Gasteiger partial charge in [0, 0.05) is 36.1 Å². The largest absolute Gasteiger partial charge is 0.369 e. The number of pyridine rings is 1. The van der Waals surface area contributed by atoms with E-state index in [1.807, 2.05) is 6.07 Å². The number of nitrogens with zero attached hydrogens (tertiary/aromatic N) is 1. The van der Waals surface area contributed by atoms with Crippen LogP contribution in [0.4, 0.5) is 10.5 Å². The molecular formula is C16H18N4O3. The van der Waals surface area contributed by atoms with E-state index in [-0.39, 0.29) is 29.0 Å². The molecule has 0 unspecified atom stereocenters. The quantitative estimate of drug-likeness (QED) is 0.776. The Labute approximate surface area is 132 Å². The molecule has 4 N–H and O–H groups in total. The van der Waals surface area contributed by atoms with Gasteiger partial charge in [0.05, 0.1) is 0 Å². The van der Waals surface area contributed by atoms with Gasteiger partial charge in [0.25, 0.3) is 0 Å². The van der Waals surface area contributed by atoms with Crippen molar-refractivity contribution in [3.63, 3.8) is 0 Å². The number of nitrogens with two attached hydrogens (primary N) is 1. The minimum absolute atomic E-state index is 0.178. The van der Waals surface area contributed by atoms with Crippen molar-refractivity contribution in [3.8, 4) is 0 Å². The zero-order chi connectivity index (χ0) is 16.4. The van der Waals surface area contributed by atoms with Gasteiger partial charge in [0.15, 0.2) is 0 Å². The van der Waals surface area contributed by atoms with E-state index < -0.39 is 0 Å². The highest BCUT2D eigenvalue weighted by atomic mass is 16.2. The third-order valence-electron chi connectivity index (χ3n) is 4.21. The van der Waals surface area contributed by atoms with Crippen LogP contribution in [0.2, 0.25) is 0 Å². The van der Waals surface area contributed by atoms with Gasteiger partial charge in [-0.05, 0) is 25.0 Å². The molecule has 7 heteroatoms. The van der Waals surface area contributed by atoms with Crippen molar-refractivity contribution in [2.75, 3.05) is 18.4 Å². The molecule has 1 aromatic heterocycles. The maximum Gasteiger partial charge on any atom is 0.321 e. The molecule has 1 aromatic carbocycles. The average Bonchev–Trinajstić information content (AvgIpc) is 2.57. The third kappa shape index (κ3) is 3.03. The Morgan fingerprint density at radius 1 is 1.22 bits per heavy atom. The van der Waals surface area contributed by atoms with Crippen LogP contribution in [0.15, 0.2) is 35.3 Å². The number of hydrogen-bond donors (Lipinski definition) is 3. The highest BCUT2D eigenvalue weighted by molar-refractivity contribution is 5.92. The summed E-state index contributed by atoms with van der Waals surface area (Å²) in [5.74, 6) is -0.501. The van der Waals surface area contributed by atoms with Crippen LogP contribution in [0, 0.1) is 5.92 Å². The maximum atomic E-state index is 12.4.